The van der Waals surface area contributed by atoms with Gasteiger partial charge in [0.05, 0.1) is 18.9 Å². The monoisotopic (exact) mass is 339 g/mol. The number of hydrogen-bond acceptors (Lipinski definition) is 5. The molecule has 1 aliphatic carbocycles. The Balaban J connectivity index is 1.79. The molecular formula is C19H17NO5. The van der Waals surface area contributed by atoms with Crippen LogP contribution in [0.3, 0.4) is 0 Å². The molecule has 2 heterocycles. The van der Waals surface area contributed by atoms with Gasteiger partial charge in [-0.15, -0.1) is 0 Å². The first-order valence-electron chi connectivity index (χ1n) is 8.08. The van der Waals surface area contributed by atoms with E-state index in [1.807, 2.05) is 13.0 Å². The summed E-state index contributed by atoms with van der Waals surface area (Å²) in [6.45, 7) is 1.92. The fourth-order valence-electron chi connectivity index (χ4n) is 3.20. The number of hydrogen-bond donors (Lipinski definition) is 0. The van der Waals surface area contributed by atoms with E-state index in [-0.39, 0.29) is 5.76 Å². The van der Waals surface area contributed by atoms with Crippen LogP contribution in [0.5, 0.6) is 5.75 Å². The van der Waals surface area contributed by atoms with Crippen molar-refractivity contribution in [3.63, 3.8) is 0 Å². The zero-order chi connectivity index (χ0) is 17.6. The molecular weight excluding hydrogens is 322 g/mol. The Morgan fingerprint density at radius 1 is 1.20 bits per heavy atom. The topological polar surface area (TPSA) is 70.7 Å². The Hall–Kier alpha value is -3.02. The predicted octanol–water partition coefficient (Wildman–Crippen LogP) is 3.88. The molecule has 0 radical (unpaired) electrons. The molecule has 0 N–H and O–H groups in total. The quantitative estimate of drug-likeness (QED) is 0.533. The number of rotatable bonds is 4. The van der Waals surface area contributed by atoms with Gasteiger partial charge in [-0.3, -0.25) is 0 Å². The highest BCUT2D eigenvalue weighted by Gasteiger charge is 2.30. The first kappa shape index (κ1) is 15.5. The molecule has 0 unspecified atom stereocenters. The molecule has 0 amide bonds. The zero-order valence-corrected chi connectivity index (χ0v) is 13.9. The first-order chi connectivity index (χ1) is 12.1. The van der Waals surface area contributed by atoms with E-state index in [1.165, 1.54) is 19.4 Å². The van der Waals surface area contributed by atoms with Crippen molar-refractivity contribution >= 4 is 22.8 Å². The number of fused-ring (bicyclic) bond motifs is 1. The molecule has 4 rings (SSSR count). The van der Waals surface area contributed by atoms with Gasteiger partial charge in [-0.25, -0.2) is 9.59 Å². The summed E-state index contributed by atoms with van der Waals surface area (Å²) in [6.07, 6.45) is 3.61. The summed E-state index contributed by atoms with van der Waals surface area (Å²) in [5, 5.41) is 0.723. The fraction of sp³-hybridized carbons (Fsp3) is 0.263. The van der Waals surface area contributed by atoms with Crippen molar-refractivity contribution in [2.45, 2.75) is 25.8 Å². The van der Waals surface area contributed by atoms with Gasteiger partial charge in [0.1, 0.15) is 5.75 Å². The van der Waals surface area contributed by atoms with Crippen LogP contribution >= 0.6 is 0 Å². The van der Waals surface area contributed by atoms with Crippen LogP contribution in [0.4, 0.5) is 0 Å². The van der Waals surface area contributed by atoms with Gasteiger partial charge in [0.2, 0.25) is 5.76 Å². The Kier molecular flexibility index (Phi) is 3.60. The standard InChI is InChI=1S/C19H17NO5/c1-11-17(19(22)23-2)14-10-13(25-18(21)16-4-3-9-24-16)7-8-15(14)20(11)12-5-6-12/h3-4,7-10,12H,5-6H2,1-2H3. The number of carbonyl (C=O) groups is 2. The van der Waals surface area contributed by atoms with Crippen LogP contribution in [0.25, 0.3) is 10.9 Å². The van der Waals surface area contributed by atoms with Gasteiger partial charge in [-0.05, 0) is 50.1 Å². The third-order valence-electron chi connectivity index (χ3n) is 4.45. The van der Waals surface area contributed by atoms with E-state index in [0.717, 1.165) is 29.4 Å². The maximum Gasteiger partial charge on any atom is 0.379 e. The van der Waals surface area contributed by atoms with E-state index in [2.05, 4.69) is 4.57 Å². The Morgan fingerprint density at radius 3 is 2.64 bits per heavy atom. The normalized spacial score (nSPS) is 13.8. The largest absolute Gasteiger partial charge is 0.465 e. The van der Waals surface area contributed by atoms with Gasteiger partial charge in [0, 0.05) is 22.6 Å². The Labute approximate surface area is 143 Å². The lowest BCUT2D eigenvalue weighted by atomic mass is 10.1. The number of ether oxygens (including phenoxy) is 2. The molecule has 1 aromatic carbocycles. The number of esters is 2. The van der Waals surface area contributed by atoms with E-state index in [4.69, 9.17) is 13.9 Å². The van der Waals surface area contributed by atoms with Gasteiger partial charge >= 0.3 is 11.9 Å². The first-order valence-corrected chi connectivity index (χ1v) is 8.08. The van der Waals surface area contributed by atoms with Crippen LogP contribution in [0, 0.1) is 6.92 Å². The van der Waals surface area contributed by atoms with Gasteiger partial charge < -0.3 is 18.5 Å². The molecule has 0 bridgehead atoms. The minimum atomic E-state index is -0.581. The van der Waals surface area contributed by atoms with E-state index in [9.17, 15) is 9.59 Å². The van der Waals surface area contributed by atoms with Gasteiger partial charge in [0.25, 0.3) is 0 Å². The van der Waals surface area contributed by atoms with E-state index >= 15 is 0 Å². The minimum Gasteiger partial charge on any atom is -0.465 e. The summed E-state index contributed by atoms with van der Waals surface area (Å²) in [5.41, 5.74) is 2.33. The number of nitrogens with zero attached hydrogens (tertiary/aromatic N) is 1. The Bertz CT molecular complexity index is 964. The van der Waals surface area contributed by atoms with Crippen LogP contribution in [0.2, 0.25) is 0 Å². The molecule has 1 saturated carbocycles. The molecule has 6 nitrogen and oxygen atoms in total. The number of aromatic nitrogens is 1. The SMILES string of the molecule is COC(=O)c1c(C)n(C2CC2)c2ccc(OC(=O)c3ccco3)cc12. The molecule has 25 heavy (non-hydrogen) atoms. The summed E-state index contributed by atoms with van der Waals surface area (Å²) in [7, 11) is 1.36. The second-order valence-corrected chi connectivity index (χ2v) is 6.10. The maximum absolute atomic E-state index is 12.3. The minimum absolute atomic E-state index is 0.125. The van der Waals surface area contributed by atoms with E-state index in [1.54, 1.807) is 18.2 Å². The summed E-state index contributed by atoms with van der Waals surface area (Å²) < 4.78 is 17.5. The lowest BCUT2D eigenvalue weighted by Crippen LogP contribution is -2.07. The average molecular weight is 339 g/mol. The van der Waals surface area contributed by atoms with Crippen molar-refractivity contribution in [1.29, 1.82) is 0 Å². The molecule has 6 heteroatoms. The second-order valence-electron chi connectivity index (χ2n) is 6.10. The zero-order valence-electron chi connectivity index (χ0n) is 13.9. The third kappa shape index (κ3) is 2.59. The second kappa shape index (κ2) is 5.81. The molecule has 2 aromatic heterocycles. The van der Waals surface area contributed by atoms with Crippen molar-refractivity contribution < 1.29 is 23.5 Å². The molecule has 0 aliphatic heterocycles. The van der Waals surface area contributed by atoms with Crippen molar-refractivity contribution in [1.82, 2.24) is 4.57 Å². The van der Waals surface area contributed by atoms with Crippen LogP contribution in [0.1, 0.15) is 45.5 Å². The molecule has 3 aromatic rings. The Morgan fingerprint density at radius 2 is 2.00 bits per heavy atom. The maximum atomic E-state index is 12.3. The molecule has 1 aliphatic rings. The smallest absolute Gasteiger partial charge is 0.379 e. The lowest BCUT2D eigenvalue weighted by molar-refractivity contribution is 0.0601. The van der Waals surface area contributed by atoms with Gasteiger partial charge in [-0.1, -0.05) is 0 Å². The molecule has 0 atom stereocenters. The van der Waals surface area contributed by atoms with Crippen LogP contribution in [-0.4, -0.2) is 23.6 Å². The van der Waals surface area contributed by atoms with Crippen molar-refractivity contribution in [2.24, 2.45) is 0 Å². The summed E-state index contributed by atoms with van der Waals surface area (Å²) >= 11 is 0. The van der Waals surface area contributed by atoms with Crippen molar-refractivity contribution in [3.8, 4) is 5.75 Å². The van der Waals surface area contributed by atoms with Crippen molar-refractivity contribution in [2.75, 3.05) is 7.11 Å². The number of methoxy groups -OCH3 is 1. The van der Waals surface area contributed by atoms with Crippen LogP contribution in [0.15, 0.2) is 41.0 Å². The summed E-state index contributed by atoms with van der Waals surface area (Å²) in [5.74, 6) is -0.495. The molecule has 1 fully saturated rings. The van der Waals surface area contributed by atoms with Gasteiger partial charge in [-0.2, -0.15) is 0 Å². The number of furan rings is 1. The highest BCUT2D eigenvalue weighted by atomic mass is 16.5. The summed E-state index contributed by atoms with van der Waals surface area (Å²) in [4.78, 5) is 24.3. The van der Waals surface area contributed by atoms with E-state index in [0.29, 0.717) is 17.4 Å². The van der Waals surface area contributed by atoms with Gasteiger partial charge in [0.15, 0.2) is 0 Å². The van der Waals surface area contributed by atoms with E-state index < -0.39 is 11.9 Å². The lowest BCUT2D eigenvalue weighted by Gasteiger charge is -2.06. The fourth-order valence-corrected chi connectivity index (χ4v) is 3.20. The number of benzene rings is 1. The molecule has 128 valence electrons. The third-order valence-corrected chi connectivity index (χ3v) is 4.45. The highest BCUT2D eigenvalue weighted by Crippen LogP contribution is 2.42. The highest BCUT2D eigenvalue weighted by molar-refractivity contribution is 6.06. The number of carbonyl (C=O) groups excluding carboxylic acids is 2. The molecule has 0 spiro atoms. The van der Waals surface area contributed by atoms with Crippen LogP contribution in [-0.2, 0) is 4.74 Å². The van der Waals surface area contributed by atoms with Crippen LogP contribution < -0.4 is 4.74 Å². The molecule has 0 saturated heterocycles. The average Bonchev–Trinajstić information content (AvgIpc) is 3.19. The summed E-state index contributed by atoms with van der Waals surface area (Å²) in [6, 6.07) is 8.87. The van der Waals surface area contributed by atoms with Crippen molar-refractivity contribution in [3.05, 3.63) is 53.6 Å². The predicted molar refractivity (Wildman–Crippen MR) is 90.0 cm³/mol.